The molecule has 0 aromatic carbocycles. The van der Waals surface area contributed by atoms with Crippen LogP contribution in [0, 0.1) is 5.92 Å². The number of nitrogens with two attached hydrogens (primary N) is 1. The smallest absolute Gasteiger partial charge is 0.197 e. The molecule has 0 bridgehead atoms. The van der Waals surface area contributed by atoms with Crippen molar-refractivity contribution in [3.05, 3.63) is 0 Å². The van der Waals surface area contributed by atoms with E-state index in [1.807, 2.05) is 0 Å². The summed E-state index contributed by atoms with van der Waals surface area (Å²) < 4.78 is 9.43. The SMILES string of the molecule is COc1c(N)nsc1N1CCCC(CCO)C1. The molecule has 1 atom stereocenters. The molecular weight excluding hydrogens is 238 g/mol. The van der Waals surface area contributed by atoms with Crippen LogP contribution in [0.15, 0.2) is 0 Å². The second-order valence-corrected chi connectivity index (χ2v) is 5.12. The average Bonchev–Trinajstić information content (AvgIpc) is 2.71. The summed E-state index contributed by atoms with van der Waals surface area (Å²) in [5, 5.41) is 10.0. The van der Waals surface area contributed by atoms with Crippen LogP contribution in [-0.2, 0) is 0 Å². The van der Waals surface area contributed by atoms with Gasteiger partial charge in [0.25, 0.3) is 0 Å². The maximum atomic E-state index is 9.01. The van der Waals surface area contributed by atoms with Crippen LogP contribution in [-0.4, -0.2) is 36.3 Å². The van der Waals surface area contributed by atoms with E-state index in [-0.39, 0.29) is 6.61 Å². The molecule has 0 amide bonds. The van der Waals surface area contributed by atoms with Crippen molar-refractivity contribution in [2.45, 2.75) is 19.3 Å². The molecule has 1 aromatic heterocycles. The van der Waals surface area contributed by atoms with E-state index in [2.05, 4.69) is 9.27 Å². The van der Waals surface area contributed by atoms with Crippen LogP contribution in [0.5, 0.6) is 5.75 Å². The van der Waals surface area contributed by atoms with Gasteiger partial charge in [-0.25, -0.2) is 0 Å². The largest absolute Gasteiger partial charge is 0.490 e. The van der Waals surface area contributed by atoms with E-state index < -0.39 is 0 Å². The molecule has 0 spiro atoms. The lowest BCUT2D eigenvalue weighted by molar-refractivity contribution is 0.244. The highest BCUT2D eigenvalue weighted by Crippen LogP contribution is 2.39. The number of anilines is 2. The maximum absolute atomic E-state index is 9.01. The number of nitrogen functional groups attached to an aromatic ring is 1. The van der Waals surface area contributed by atoms with Crippen molar-refractivity contribution in [1.82, 2.24) is 4.37 Å². The summed E-state index contributed by atoms with van der Waals surface area (Å²) in [6.45, 7) is 2.24. The van der Waals surface area contributed by atoms with Crippen LogP contribution < -0.4 is 15.4 Å². The first kappa shape index (κ1) is 12.4. The number of aromatic nitrogens is 1. The fraction of sp³-hybridized carbons (Fsp3) is 0.727. The standard InChI is InChI=1S/C11H19N3O2S/c1-16-9-10(12)13-17-11(9)14-5-2-3-8(7-14)4-6-15/h8,15H,2-7H2,1H3,(H2,12,13). The third kappa shape index (κ3) is 2.63. The summed E-state index contributed by atoms with van der Waals surface area (Å²) >= 11 is 1.39. The van der Waals surface area contributed by atoms with E-state index in [1.54, 1.807) is 7.11 Å². The molecule has 0 saturated carbocycles. The van der Waals surface area contributed by atoms with Gasteiger partial charge in [0, 0.05) is 19.7 Å². The molecule has 1 aromatic rings. The van der Waals surface area contributed by atoms with Gasteiger partial charge in [-0.3, -0.25) is 0 Å². The van der Waals surface area contributed by atoms with E-state index in [4.69, 9.17) is 15.6 Å². The van der Waals surface area contributed by atoms with Gasteiger partial charge < -0.3 is 20.5 Å². The van der Waals surface area contributed by atoms with Crippen molar-refractivity contribution in [2.75, 3.05) is 37.4 Å². The Morgan fingerprint density at radius 1 is 1.65 bits per heavy atom. The van der Waals surface area contributed by atoms with E-state index in [0.717, 1.165) is 30.9 Å². The van der Waals surface area contributed by atoms with Crippen molar-refractivity contribution in [3.8, 4) is 5.75 Å². The van der Waals surface area contributed by atoms with Crippen molar-refractivity contribution in [2.24, 2.45) is 5.92 Å². The number of piperidine rings is 1. The van der Waals surface area contributed by atoms with Crippen molar-refractivity contribution in [1.29, 1.82) is 0 Å². The quantitative estimate of drug-likeness (QED) is 0.851. The first-order valence-electron chi connectivity index (χ1n) is 5.91. The zero-order valence-corrected chi connectivity index (χ0v) is 10.9. The van der Waals surface area contributed by atoms with Crippen LogP contribution in [0.4, 0.5) is 10.8 Å². The number of nitrogens with zero attached hydrogens (tertiary/aromatic N) is 2. The van der Waals surface area contributed by atoms with Crippen molar-refractivity contribution >= 4 is 22.4 Å². The first-order chi connectivity index (χ1) is 8.26. The third-order valence-electron chi connectivity index (χ3n) is 3.21. The Kier molecular flexibility index (Phi) is 4.06. The zero-order chi connectivity index (χ0) is 12.3. The summed E-state index contributed by atoms with van der Waals surface area (Å²) in [4.78, 5) is 2.27. The maximum Gasteiger partial charge on any atom is 0.197 e. The van der Waals surface area contributed by atoms with E-state index in [9.17, 15) is 0 Å². The third-order valence-corrected chi connectivity index (χ3v) is 4.11. The summed E-state index contributed by atoms with van der Waals surface area (Å²) in [5.41, 5.74) is 5.76. The molecule has 17 heavy (non-hydrogen) atoms. The first-order valence-corrected chi connectivity index (χ1v) is 6.68. The number of hydrogen-bond donors (Lipinski definition) is 2. The molecule has 1 fully saturated rings. The Balaban J connectivity index is 2.10. The molecule has 1 aliphatic rings. The summed E-state index contributed by atoms with van der Waals surface area (Å²) in [7, 11) is 1.62. The summed E-state index contributed by atoms with van der Waals surface area (Å²) in [5.74, 6) is 1.72. The number of aliphatic hydroxyl groups is 1. The van der Waals surface area contributed by atoms with Crippen LogP contribution in [0.2, 0.25) is 0 Å². The Morgan fingerprint density at radius 3 is 3.18 bits per heavy atom. The van der Waals surface area contributed by atoms with Gasteiger partial charge in [0.1, 0.15) is 0 Å². The minimum Gasteiger partial charge on any atom is -0.490 e. The number of methoxy groups -OCH3 is 1. The second kappa shape index (κ2) is 5.55. The monoisotopic (exact) mass is 257 g/mol. The second-order valence-electron chi connectivity index (χ2n) is 4.37. The average molecular weight is 257 g/mol. The minimum absolute atomic E-state index is 0.264. The predicted octanol–water partition coefficient (Wildman–Crippen LogP) is 1.33. The lowest BCUT2D eigenvalue weighted by Gasteiger charge is -2.33. The molecule has 1 unspecified atom stereocenters. The number of aliphatic hydroxyl groups excluding tert-OH is 1. The normalized spacial score (nSPS) is 20.6. The zero-order valence-electron chi connectivity index (χ0n) is 10.1. The summed E-state index contributed by atoms with van der Waals surface area (Å²) in [6, 6.07) is 0. The number of hydrogen-bond acceptors (Lipinski definition) is 6. The lowest BCUT2D eigenvalue weighted by Crippen LogP contribution is -2.35. The molecule has 5 nitrogen and oxygen atoms in total. The predicted molar refractivity (Wildman–Crippen MR) is 69.7 cm³/mol. The van der Waals surface area contributed by atoms with Gasteiger partial charge in [0.15, 0.2) is 16.6 Å². The topological polar surface area (TPSA) is 71.6 Å². The van der Waals surface area contributed by atoms with Gasteiger partial charge in [0.05, 0.1) is 7.11 Å². The van der Waals surface area contributed by atoms with Gasteiger partial charge in [-0.2, -0.15) is 4.37 Å². The fourth-order valence-electron chi connectivity index (χ4n) is 2.35. The van der Waals surface area contributed by atoms with E-state index in [0.29, 0.717) is 17.5 Å². The fourth-order valence-corrected chi connectivity index (χ4v) is 3.17. The van der Waals surface area contributed by atoms with Crippen LogP contribution in [0.1, 0.15) is 19.3 Å². The van der Waals surface area contributed by atoms with Crippen LogP contribution >= 0.6 is 11.5 Å². The van der Waals surface area contributed by atoms with Crippen molar-refractivity contribution < 1.29 is 9.84 Å². The molecule has 1 saturated heterocycles. The highest BCUT2D eigenvalue weighted by atomic mass is 32.1. The summed E-state index contributed by atoms with van der Waals surface area (Å²) in [6.07, 6.45) is 3.20. The Labute approximate surface area is 105 Å². The van der Waals surface area contributed by atoms with Crippen molar-refractivity contribution in [3.63, 3.8) is 0 Å². The molecule has 1 aliphatic heterocycles. The molecule has 0 radical (unpaired) electrons. The highest BCUT2D eigenvalue weighted by Gasteiger charge is 2.24. The molecule has 2 rings (SSSR count). The molecule has 3 N–H and O–H groups in total. The lowest BCUT2D eigenvalue weighted by atomic mass is 9.95. The van der Waals surface area contributed by atoms with Gasteiger partial charge in [-0.05, 0) is 36.7 Å². The highest BCUT2D eigenvalue weighted by molar-refractivity contribution is 7.11. The number of ether oxygens (including phenoxy) is 1. The number of rotatable bonds is 4. The van der Waals surface area contributed by atoms with Crippen LogP contribution in [0.3, 0.4) is 0 Å². The van der Waals surface area contributed by atoms with Crippen LogP contribution in [0.25, 0.3) is 0 Å². The van der Waals surface area contributed by atoms with E-state index in [1.165, 1.54) is 18.0 Å². The Morgan fingerprint density at radius 2 is 2.47 bits per heavy atom. The Bertz CT molecular complexity index is 368. The molecule has 6 heteroatoms. The molecule has 2 heterocycles. The molecular formula is C11H19N3O2S. The van der Waals surface area contributed by atoms with Gasteiger partial charge in [-0.1, -0.05) is 0 Å². The molecule has 96 valence electrons. The molecule has 0 aliphatic carbocycles. The van der Waals surface area contributed by atoms with Gasteiger partial charge in [0.2, 0.25) is 0 Å². The minimum atomic E-state index is 0.264. The van der Waals surface area contributed by atoms with Gasteiger partial charge in [-0.15, -0.1) is 0 Å². The van der Waals surface area contributed by atoms with Gasteiger partial charge >= 0.3 is 0 Å². The Hall–Kier alpha value is -1.01. The van der Waals surface area contributed by atoms with E-state index >= 15 is 0 Å².